The smallest absolute Gasteiger partial charge is 0.196 e. The van der Waals surface area contributed by atoms with Crippen molar-refractivity contribution in [1.82, 2.24) is 14.8 Å². The third-order valence-corrected chi connectivity index (χ3v) is 4.46. The second-order valence-corrected chi connectivity index (χ2v) is 6.38. The molecule has 3 aromatic rings. The average Bonchev–Trinajstić information content (AvgIpc) is 3.05. The minimum Gasteiger partial charge on any atom is -0.293 e. The van der Waals surface area contributed by atoms with Crippen LogP contribution < -0.4 is 0 Å². The van der Waals surface area contributed by atoms with Crippen molar-refractivity contribution in [3.8, 4) is 5.69 Å². The molecule has 0 fully saturated rings. The summed E-state index contributed by atoms with van der Waals surface area (Å²) in [5, 5.41) is 7.93. The van der Waals surface area contributed by atoms with Gasteiger partial charge in [0.1, 0.15) is 6.33 Å². The quantitative estimate of drug-likeness (QED) is 0.520. The first-order valence-electron chi connectivity index (χ1n) is 7.17. The van der Waals surface area contributed by atoms with E-state index in [1.54, 1.807) is 17.8 Å². The lowest BCUT2D eigenvalue weighted by molar-refractivity contribution is 0.0993. The Morgan fingerprint density at radius 1 is 1.12 bits per heavy atom. The first kappa shape index (κ1) is 16.3. The number of hydrogen-bond acceptors (Lipinski definition) is 4. The first-order chi connectivity index (χ1) is 11.6. The van der Waals surface area contributed by atoms with Gasteiger partial charge in [0.15, 0.2) is 22.6 Å². The van der Waals surface area contributed by atoms with Crippen molar-refractivity contribution >= 4 is 17.5 Å². The number of carbonyl (C=O) groups is 1. The van der Waals surface area contributed by atoms with E-state index in [0.29, 0.717) is 5.16 Å². The zero-order chi connectivity index (χ0) is 17.1. The molecule has 0 aliphatic heterocycles. The van der Waals surface area contributed by atoms with Gasteiger partial charge in [0.25, 0.3) is 0 Å². The molecule has 2 aromatic carbocycles. The Balaban J connectivity index is 1.80. The van der Waals surface area contributed by atoms with E-state index < -0.39 is 16.9 Å². The Morgan fingerprint density at radius 2 is 1.88 bits per heavy atom. The molecule has 0 saturated heterocycles. The number of carbonyl (C=O) groups excluding carboxylic acids is 1. The molecule has 0 N–H and O–H groups in total. The van der Waals surface area contributed by atoms with E-state index in [0.717, 1.165) is 17.8 Å². The highest BCUT2D eigenvalue weighted by molar-refractivity contribution is 8.00. The highest BCUT2D eigenvalue weighted by Crippen LogP contribution is 2.26. The van der Waals surface area contributed by atoms with Gasteiger partial charge in [0.2, 0.25) is 0 Å². The predicted molar refractivity (Wildman–Crippen MR) is 87.4 cm³/mol. The lowest BCUT2D eigenvalue weighted by Gasteiger charge is -2.11. The van der Waals surface area contributed by atoms with Crippen molar-refractivity contribution in [3.63, 3.8) is 0 Å². The number of hydrogen-bond donors (Lipinski definition) is 0. The third-order valence-electron chi connectivity index (χ3n) is 3.41. The molecule has 0 aliphatic carbocycles. The van der Waals surface area contributed by atoms with Crippen LogP contribution in [0.15, 0.2) is 60.0 Å². The Labute approximate surface area is 141 Å². The molecule has 1 atom stereocenters. The van der Waals surface area contributed by atoms with Gasteiger partial charge in [-0.15, -0.1) is 10.2 Å². The minimum atomic E-state index is -1.04. The van der Waals surface area contributed by atoms with E-state index in [2.05, 4.69) is 10.2 Å². The Kier molecular flexibility index (Phi) is 4.71. The summed E-state index contributed by atoms with van der Waals surface area (Å²) in [7, 11) is 0. The summed E-state index contributed by atoms with van der Waals surface area (Å²) in [4.78, 5) is 12.4. The maximum absolute atomic E-state index is 13.3. The molecule has 7 heteroatoms. The highest BCUT2D eigenvalue weighted by atomic mass is 32.2. The Morgan fingerprint density at radius 3 is 2.58 bits per heavy atom. The third kappa shape index (κ3) is 3.35. The molecule has 24 heavy (non-hydrogen) atoms. The lowest BCUT2D eigenvalue weighted by atomic mass is 10.1. The molecule has 0 radical (unpaired) electrons. The van der Waals surface area contributed by atoms with Crippen molar-refractivity contribution in [2.45, 2.75) is 17.3 Å². The van der Waals surface area contributed by atoms with Gasteiger partial charge in [0.05, 0.1) is 5.25 Å². The standard InChI is InChI=1S/C17H13F2N3OS/c1-11(16(23)12-7-8-14(18)15(19)9-12)24-17-21-20-10-22(17)13-5-3-2-4-6-13/h2-11H,1H3. The van der Waals surface area contributed by atoms with Crippen LogP contribution in [0.3, 0.4) is 0 Å². The molecule has 4 nitrogen and oxygen atoms in total. The fourth-order valence-electron chi connectivity index (χ4n) is 2.17. The van der Waals surface area contributed by atoms with E-state index >= 15 is 0 Å². The normalized spacial score (nSPS) is 12.1. The van der Waals surface area contributed by atoms with Gasteiger partial charge in [-0.2, -0.15) is 0 Å². The topological polar surface area (TPSA) is 47.8 Å². The summed E-state index contributed by atoms with van der Waals surface area (Å²) in [5.41, 5.74) is 0.997. The van der Waals surface area contributed by atoms with Crippen molar-refractivity contribution in [2.24, 2.45) is 0 Å². The van der Waals surface area contributed by atoms with E-state index in [9.17, 15) is 13.6 Å². The zero-order valence-corrected chi connectivity index (χ0v) is 13.5. The van der Waals surface area contributed by atoms with E-state index in [1.807, 2.05) is 30.3 Å². The van der Waals surface area contributed by atoms with Crippen LogP contribution in [0.5, 0.6) is 0 Å². The SMILES string of the molecule is CC(Sc1nncn1-c1ccccc1)C(=O)c1ccc(F)c(F)c1. The summed E-state index contributed by atoms with van der Waals surface area (Å²) in [6, 6.07) is 12.6. The summed E-state index contributed by atoms with van der Waals surface area (Å²) >= 11 is 1.21. The number of ketones is 1. The number of benzene rings is 2. The zero-order valence-electron chi connectivity index (χ0n) is 12.7. The van der Waals surface area contributed by atoms with Crippen LogP contribution in [0, 0.1) is 11.6 Å². The fourth-order valence-corrected chi connectivity index (χ4v) is 3.09. The van der Waals surface area contributed by atoms with Gasteiger partial charge in [-0.1, -0.05) is 30.0 Å². The number of rotatable bonds is 5. The number of nitrogens with zero attached hydrogens (tertiary/aromatic N) is 3. The van der Waals surface area contributed by atoms with Crippen molar-refractivity contribution in [2.75, 3.05) is 0 Å². The number of halogens is 2. The van der Waals surface area contributed by atoms with Gasteiger partial charge in [-0.05, 0) is 37.3 Å². The van der Waals surface area contributed by atoms with Crippen LogP contribution in [-0.2, 0) is 0 Å². The van der Waals surface area contributed by atoms with Crippen LogP contribution in [-0.4, -0.2) is 25.8 Å². The molecule has 0 aliphatic rings. The van der Waals surface area contributed by atoms with Gasteiger partial charge in [-0.3, -0.25) is 9.36 Å². The van der Waals surface area contributed by atoms with Crippen molar-refractivity contribution in [1.29, 1.82) is 0 Å². The summed E-state index contributed by atoms with van der Waals surface area (Å²) < 4.78 is 28.1. The summed E-state index contributed by atoms with van der Waals surface area (Å²) in [5.74, 6) is -2.32. The van der Waals surface area contributed by atoms with E-state index in [1.165, 1.54) is 17.8 Å². The summed E-state index contributed by atoms with van der Waals surface area (Å²) in [6.45, 7) is 1.69. The predicted octanol–water partition coefficient (Wildman–Crippen LogP) is 3.91. The average molecular weight is 345 g/mol. The molecular weight excluding hydrogens is 332 g/mol. The van der Waals surface area contributed by atoms with Crippen molar-refractivity contribution < 1.29 is 13.6 Å². The molecular formula is C17H13F2N3OS. The maximum atomic E-state index is 13.3. The maximum Gasteiger partial charge on any atom is 0.196 e. The molecule has 1 unspecified atom stereocenters. The molecule has 1 heterocycles. The minimum absolute atomic E-state index is 0.125. The number of Topliss-reactive ketones (excluding diaryl/α,β-unsaturated/α-hetero) is 1. The molecule has 3 rings (SSSR count). The van der Waals surface area contributed by atoms with Gasteiger partial charge in [0, 0.05) is 11.3 Å². The van der Waals surface area contributed by atoms with Gasteiger partial charge in [-0.25, -0.2) is 8.78 Å². The lowest BCUT2D eigenvalue weighted by Crippen LogP contribution is -2.15. The van der Waals surface area contributed by atoms with E-state index in [-0.39, 0.29) is 11.3 Å². The molecule has 0 spiro atoms. The monoisotopic (exact) mass is 345 g/mol. The molecule has 122 valence electrons. The summed E-state index contributed by atoms with van der Waals surface area (Å²) in [6.07, 6.45) is 1.56. The van der Waals surface area contributed by atoms with Crippen LogP contribution in [0.2, 0.25) is 0 Å². The first-order valence-corrected chi connectivity index (χ1v) is 8.05. The Bertz CT molecular complexity index is 867. The number of aromatic nitrogens is 3. The molecule has 0 amide bonds. The van der Waals surface area contributed by atoms with Crippen LogP contribution in [0.25, 0.3) is 5.69 Å². The second-order valence-electron chi connectivity index (χ2n) is 5.07. The largest absolute Gasteiger partial charge is 0.293 e. The molecule has 1 aromatic heterocycles. The highest BCUT2D eigenvalue weighted by Gasteiger charge is 2.21. The number of thioether (sulfide) groups is 1. The van der Waals surface area contributed by atoms with Gasteiger partial charge < -0.3 is 0 Å². The molecule has 0 bridgehead atoms. The van der Waals surface area contributed by atoms with Crippen LogP contribution in [0.4, 0.5) is 8.78 Å². The number of para-hydroxylation sites is 1. The Hall–Kier alpha value is -2.54. The van der Waals surface area contributed by atoms with Crippen molar-refractivity contribution in [3.05, 3.63) is 72.1 Å². The van der Waals surface area contributed by atoms with Crippen LogP contribution >= 0.6 is 11.8 Å². The second kappa shape index (κ2) is 6.92. The fraction of sp³-hybridized carbons (Fsp3) is 0.118. The molecule has 0 saturated carbocycles. The van der Waals surface area contributed by atoms with Gasteiger partial charge >= 0.3 is 0 Å². The van der Waals surface area contributed by atoms with E-state index in [4.69, 9.17) is 0 Å². The van der Waals surface area contributed by atoms with Crippen LogP contribution in [0.1, 0.15) is 17.3 Å².